The maximum absolute atomic E-state index is 12.3. The van der Waals surface area contributed by atoms with Crippen LogP contribution < -0.4 is 0 Å². The van der Waals surface area contributed by atoms with Crippen LogP contribution in [-0.2, 0) is 21.8 Å². The number of morpholine rings is 1. The van der Waals surface area contributed by atoms with Crippen molar-refractivity contribution in [3.63, 3.8) is 0 Å². The highest BCUT2D eigenvalue weighted by molar-refractivity contribution is 7.89. The molecule has 2 rings (SSSR count). The number of aryl methyl sites for hydroxylation is 1. The van der Waals surface area contributed by atoms with Crippen LogP contribution in [0.4, 0.5) is 0 Å². The van der Waals surface area contributed by atoms with E-state index in [-0.39, 0.29) is 24.8 Å². The number of aliphatic hydroxyl groups is 1. The molecule has 1 atom stereocenters. The lowest BCUT2D eigenvalue weighted by atomic mass is 10.3. The summed E-state index contributed by atoms with van der Waals surface area (Å²) in [5.41, 5.74) is 0. The Kier molecular flexibility index (Phi) is 3.48. The van der Waals surface area contributed by atoms with Crippen molar-refractivity contribution in [3.8, 4) is 0 Å². The number of rotatable bonds is 3. The molecule has 1 aliphatic rings. The summed E-state index contributed by atoms with van der Waals surface area (Å²) < 4.78 is 32.4. The van der Waals surface area contributed by atoms with Gasteiger partial charge in [0.2, 0.25) is 0 Å². The van der Waals surface area contributed by atoms with E-state index in [0.717, 1.165) is 0 Å². The molecule has 0 spiro atoms. The second-order valence-electron chi connectivity index (χ2n) is 3.82. The monoisotopic (exact) mass is 261 g/mol. The zero-order valence-electron chi connectivity index (χ0n) is 9.48. The van der Waals surface area contributed by atoms with Gasteiger partial charge in [-0.05, 0) is 6.07 Å². The molecule has 0 saturated carbocycles. The zero-order chi connectivity index (χ0) is 12.5. The lowest BCUT2D eigenvalue weighted by Crippen LogP contribution is -2.50. The fourth-order valence-electron chi connectivity index (χ4n) is 1.83. The molecular weight excluding hydrogens is 246 g/mol. The summed E-state index contributed by atoms with van der Waals surface area (Å²) in [6.45, 7) is 0.553. The predicted octanol–water partition coefficient (Wildman–Crippen LogP) is -1.20. The van der Waals surface area contributed by atoms with Crippen molar-refractivity contribution in [2.75, 3.05) is 26.4 Å². The van der Waals surface area contributed by atoms with E-state index in [9.17, 15) is 13.5 Å². The van der Waals surface area contributed by atoms with Crippen LogP contribution >= 0.6 is 0 Å². The summed E-state index contributed by atoms with van der Waals surface area (Å²) in [6, 6.07) is 0.919. The first kappa shape index (κ1) is 12.5. The lowest BCUT2D eigenvalue weighted by Gasteiger charge is -2.33. The van der Waals surface area contributed by atoms with Crippen molar-refractivity contribution in [2.24, 2.45) is 7.05 Å². The van der Waals surface area contributed by atoms with Gasteiger partial charge in [-0.25, -0.2) is 8.42 Å². The van der Waals surface area contributed by atoms with E-state index in [1.807, 2.05) is 0 Å². The Morgan fingerprint density at radius 3 is 3.00 bits per heavy atom. The van der Waals surface area contributed by atoms with Crippen LogP contribution in [0.15, 0.2) is 17.3 Å². The van der Waals surface area contributed by atoms with Crippen molar-refractivity contribution in [2.45, 2.75) is 11.1 Å². The van der Waals surface area contributed by atoms with Gasteiger partial charge in [0.25, 0.3) is 10.0 Å². The zero-order valence-corrected chi connectivity index (χ0v) is 10.3. The highest BCUT2D eigenvalue weighted by Crippen LogP contribution is 2.19. The van der Waals surface area contributed by atoms with Crippen LogP contribution in [0.1, 0.15) is 0 Å². The quantitative estimate of drug-likeness (QED) is 0.739. The largest absolute Gasteiger partial charge is 0.395 e. The third-order valence-electron chi connectivity index (χ3n) is 2.73. The standard InChI is InChI=1S/C9H15N3O4S/c1-11-9(2-3-10-11)17(14,15)12-4-5-16-7-8(12)6-13/h2-3,8,13H,4-7H2,1H3. The molecule has 1 aromatic heterocycles. The van der Waals surface area contributed by atoms with Crippen molar-refractivity contribution in [1.82, 2.24) is 14.1 Å². The molecule has 0 aliphatic carbocycles. The number of aliphatic hydroxyl groups excluding tert-OH is 1. The molecule has 0 bridgehead atoms. The smallest absolute Gasteiger partial charge is 0.260 e. The Hall–Kier alpha value is -0.960. The number of hydrogen-bond donors (Lipinski definition) is 1. The molecule has 7 nitrogen and oxygen atoms in total. The Morgan fingerprint density at radius 1 is 1.65 bits per heavy atom. The number of sulfonamides is 1. The first-order valence-electron chi connectivity index (χ1n) is 5.26. The second-order valence-corrected chi connectivity index (χ2v) is 5.66. The molecule has 1 fully saturated rings. The van der Waals surface area contributed by atoms with Crippen molar-refractivity contribution in [3.05, 3.63) is 12.3 Å². The summed E-state index contributed by atoms with van der Waals surface area (Å²) in [7, 11) is -2.05. The summed E-state index contributed by atoms with van der Waals surface area (Å²) in [5.74, 6) is 0. The summed E-state index contributed by atoms with van der Waals surface area (Å²) in [6.07, 6.45) is 1.43. The highest BCUT2D eigenvalue weighted by atomic mass is 32.2. The Labute approximate surface area is 99.7 Å². The maximum atomic E-state index is 12.3. The van der Waals surface area contributed by atoms with Crippen LogP contribution in [0.25, 0.3) is 0 Å². The number of ether oxygens (including phenoxy) is 1. The molecule has 0 aromatic carbocycles. The van der Waals surface area contributed by atoms with Crippen LogP contribution in [0.2, 0.25) is 0 Å². The van der Waals surface area contributed by atoms with Crippen LogP contribution in [-0.4, -0.2) is 60.0 Å². The third kappa shape index (κ3) is 2.21. The normalized spacial score (nSPS) is 22.8. The van der Waals surface area contributed by atoms with Crippen LogP contribution in [0.5, 0.6) is 0 Å². The summed E-state index contributed by atoms with van der Waals surface area (Å²) in [4.78, 5) is 0. The molecule has 17 heavy (non-hydrogen) atoms. The van der Waals surface area contributed by atoms with Crippen LogP contribution in [0, 0.1) is 0 Å². The SMILES string of the molecule is Cn1nccc1S(=O)(=O)N1CCOCC1CO. The minimum absolute atomic E-state index is 0.123. The molecule has 8 heteroatoms. The van der Waals surface area contributed by atoms with Gasteiger partial charge in [0.1, 0.15) is 0 Å². The Morgan fingerprint density at radius 2 is 2.41 bits per heavy atom. The molecule has 2 heterocycles. The van der Waals surface area contributed by atoms with Gasteiger partial charge in [0.15, 0.2) is 5.03 Å². The summed E-state index contributed by atoms with van der Waals surface area (Å²) >= 11 is 0. The minimum Gasteiger partial charge on any atom is -0.395 e. The Balaban J connectivity index is 2.34. The number of aromatic nitrogens is 2. The van der Waals surface area contributed by atoms with E-state index in [2.05, 4.69) is 5.10 Å². The molecule has 0 amide bonds. The minimum atomic E-state index is -3.62. The molecule has 1 saturated heterocycles. The first-order valence-corrected chi connectivity index (χ1v) is 6.70. The van der Waals surface area contributed by atoms with Gasteiger partial charge in [-0.3, -0.25) is 4.68 Å². The van der Waals surface area contributed by atoms with Crippen molar-refractivity contribution in [1.29, 1.82) is 0 Å². The average molecular weight is 261 g/mol. The molecule has 1 aliphatic heterocycles. The van der Waals surface area contributed by atoms with Gasteiger partial charge in [0, 0.05) is 13.6 Å². The highest BCUT2D eigenvalue weighted by Gasteiger charge is 2.35. The van der Waals surface area contributed by atoms with E-state index in [1.54, 1.807) is 7.05 Å². The van der Waals surface area contributed by atoms with Crippen LogP contribution in [0.3, 0.4) is 0 Å². The van der Waals surface area contributed by atoms with E-state index in [4.69, 9.17) is 4.74 Å². The lowest BCUT2D eigenvalue weighted by molar-refractivity contribution is 0.0107. The first-order chi connectivity index (χ1) is 8.07. The third-order valence-corrected chi connectivity index (χ3v) is 4.76. The van der Waals surface area contributed by atoms with Gasteiger partial charge >= 0.3 is 0 Å². The Bertz CT molecular complexity index is 484. The fraction of sp³-hybridized carbons (Fsp3) is 0.667. The molecule has 96 valence electrons. The molecule has 1 unspecified atom stereocenters. The number of nitrogens with zero attached hydrogens (tertiary/aromatic N) is 3. The fourth-order valence-corrected chi connectivity index (χ4v) is 3.52. The van der Waals surface area contributed by atoms with E-state index >= 15 is 0 Å². The molecular formula is C9H15N3O4S. The van der Waals surface area contributed by atoms with E-state index in [1.165, 1.54) is 21.3 Å². The van der Waals surface area contributed by atoms with Gasteiger partial charge < -0.3 is 9.84 Å². The van der Waals surface area contributed by atoms with Gasteiger partial charge in [-0.1, -0.05) is 0 Å². The summed E-state index contributed by atoms with van der Waals surface area (Å²) in [5, 5.41) is 13.2. The average Bonchev–Trinajstić information content (AvgIpc) is 2.76. The number of hydrogen-bond acceptors (Lipinski definition) is 5. The van der Waals surface area contributed by atoms with Gasteiger partial charge in [-0.2, -0.15) is 9.40 Å². The predicted molar refractivity (Wildman–Crippen MR) is 58.8 cm³/mol. The van der Waals surface area contributed by atoms with Gasteiger partial charge in [0.05, 0.1) is 32.1 Å². The topological polar surface area (TPSA) is 84.7 Å². The second kappa shape index (κ2) is 4.73. The van der Waals surface area contributed by atoms with Crippen molar-refractivity contribution < 1.29 is 18.3 Å². The molecule has 1 N–H and O–H groups in total. The van der Waals surface area contributed by atoms with Gasteiger partial charge in [-0.15, -0.1) is 0 Å². The van der Waals surface area contributed by atoms with Crippen molar-refractivity contribution >= 4 is 10.0 Å². The van der Waals surface area contributed by atoms with E-state index < -0.39 is 16.1 Å². The molecule has 1 aromatic rings. The maximum Gasteiger partial charge on any atom is 0.260 e. The molecule has 0 radical (unpaired) electrons. The van der Waals surface area contributed by atoms with E-state index in [0.29, 0.717) is 6.61 Å².